The number of nitrogens with one attached hydrogen (secondary N) is 2. The van der Waals surface area contributed by atoms with Crippen molar-refractivity contribution in [2.24, 2.45) is 0 Å². The summed E-state index contributed by atoms with van der Waals surface area (Å²) in [6.07, 6.45) is 0.930. The lowest BCUT2D eigenvalue weighted by atomic mass is 10.1. The van der Waals surface area contributed by atoms with Gasteiger partial charge in [0.2, 0.25) is 0 Å². The molecule has 0 bridgehead atoms. The third kappa shape index (κ3) is 5.19. The first-order valence-electron chi connectivity index (χ1n) is 6.26. The van der Waals surface area contributed by atoms with Crippen LogP contribution in [-0.4, -0.2) is 19.2 Å². The zero-order chi connectivity index (χ0) is 13.4. The van der Waals surface area contributed by atoms with E-state index >= 15 is 0 Å². The van der Waals surface area contributed by atoms with Crippen molar-refractivity contribution in [3.63, 3.8) is 0 Å². The first-order valence-corrected chi connectivity index (χ1v) is 6.26. The maximum absolute atomic E-state index is 11.5. The largest absolute Gasteiger partial charge is 0.380 e. The van der Waals surface area contributed by atoms with Crippen LogP contribution in [0.4, 0.5) is 4.79 Å². The summed E-state index contributed by atoms with van der Waals surface area (Å²) in [6.45, 7) is 5.18. The van der Waals surface area contributed by atoms with Gasteiger partial charge in [0.25, 0.3) is 0 Å². The molecule has 1 rings (SSSR count). The summed E-state index contributed by atoms with van der Waals surface area (Å²) in [5, 5.41) is 5.70. The van der Waals surface area contributed by atoms with Gasteiger partial charge < -0.3 is 15.4 Å². The minimum Gasteiger partial charge on any atom is -0.380 e. The van der Waals surface area contributed by atoms with Gasteiger partial charge in [-0.25, -0.2) is 4.79 Å². The van der Waals surface area contributed by atoms with E-state index in [9.17, 15) is 4.79 Å². The summed E-state index contributed by atoms with van der Waals surface area (Å²) in [6, 6.07) is 8.09. The molecule has 0 aliphatic carbocycles. The molecule has 0 aromatic heterocycles. The van der Waals surface area contributed by atoms with E-state index in [4.69, 9.17) is 4.74 Å². The number of urea groups is 1. The van der Waals surface area contributed by atoms with Gasteiger partial charge in [-0.2, -0.15) is 0 Å². The first-order chi connectivity index (χ1) is 8.65. The van der Waals surface area contributed by atoms with Crippen molar-refractivity contribution in [3.8, 4) is 0 Å². The van der Waals surface area contributed by atoms with Crippen molar-refractivity contribution < 1.29 is 9.53 Å². The van der Waals surface area contributed by atoms with Crippen LogP contribution in [0.5, 0.6) is 0 Å². The zero-order valence-corrected chi connectivity index (χ0v) is 11.3. The SMILES string of the molecule is CCC(C)NC(=O)NCc1ccc(COC)cc1. The fourth-order valence-electron chi connectivity index (χ4n) is 1.48. The Morgan fingerprint density at radius 3 is 2.44 bits per heavy atom. The molecule has 100 valence electrons. The average Bonchev–Trinajstić information content (AvgIpc) is 2.38. The summed E-state index contributed by atoms with van der Waals surface area (Å²) in [4.78, 5) is 11.5. The summed E-state index contributed by atoms with van der Waals surface area (Å²) < 4.78 is 5.04. The number of ether oxygens (including phenoxy) is 1. The van der Waals surface area contributed by atoms with E-state index in [0.717, 1.165) is 17.5 Å². The Morgan fingerprint density at radius 1 is 1.28 bits per heavy atom. The second kappa shape index (κ2) is 7.71. The Bertz CT molecular complexity index is 363. The first kappa shape index (κ1) is 14.5. The van der Waals surface area contributed by atoms with Crippen LogP contribution in [0, 0.1) is 0 Å². The quantitative estimate of drug-likeness (QED) is 0.814. The zero-order valence-electron chi connectivity index (χ0n) is 11.3. The Hall–Kier alpha value is -1.55. The van der Waals surface area contributed by atoms with Crippen LogP contribution in [0.1, 0.15) is 31.4 Å². The number of rotatable bonds is 6. The second-order valence-electron chi connectivity index (χ2n) is 4.39. The van der Waals surface area contributed by atoms with E-state index < -0.39 is 0 Å². The molecule has 1 atom stereocenters. The third-order valence-electron chi connectivity index (χ3n) is 2.78. The van der Waals surface area contributed by atoms with Crippen molar-refractivity contribution in [1.82, 2.24) is 10.6 Å². The minimum atomic E-state index is -0.120. The van der Waals surface area contributed by atoms with Crippen molar-refractivity contribution in [3.05, 3.63) is 35.4 Å². The molecular weight excluding hydrogens is 228 g/mol. The lowest BCUT2D eigenvalue weighted by Gasteiger charge is -2.12. The predicted molar refractivity (Wildman–Crippen MR) is 72.3 cm³/mol. The van der Waals surface area contributed by atoms with E-state index in [1.807, 2.05) is 38.1 Å². The topological polar surface area (TPSA) is 50.4 Å². The molecule has 1 unspecified atom stereocenters. The smallest absolute Gasteiger partial charge is 0.315 e. The molecule has 0 spiro atoms. The van der Waals surface area contributed by atoms with Gasteiger partial charge in [0.1, 0.15) is 0 Å². The van der Waals surface area contributed by atoms with Crippen molar-refractivity contribution >= 4 is 6.03 Å². The summed E-state index contributed by atoms with van der Waals surface area (Å²) >= 11 is 0. The van der Waals surface area contributed by atoms with Gasteiger partial charge >= 0.3 is 6.03 Å². The highest BCUT2D eigenvalue weighted by Crippen LogP contribution is 2.05. The Morgan fingerprint density at radius 2 is 1.89 bits per heavy atom. The molecule has 4 nitrogen and oxygen atoms in total. The Balaban J connectivity index is 2.36. The highest BCUT2D eigenvalue weighted by Gasteiger charge is 2.04. The molecule has 0 aliphatic heterocycles. The van der Waals surface area contributed by atoms with Gasteiger partial charge in [0.05, 0.1) is 6.61 Å². The minimum absolute atomic E-state index is 0.120. The lowest BCUT2D eigenvalue weighted by molar-refractivity contribution is 0.185. The molecule has 0 heterocycles. The molecule has 0 radical (unpaired) electrons. The lowest BCUT2D eigenvalue weighted by Crippen LogP contribution is -2.40. The van der Waals surface area contributed by atoms with Gasteiger partial charge in [-0.1, -0.05) is 31.2 Å². The maximum Gasteiger partial charge on any atom is 0.315 e. The number of carbonyl (C=O) groups is 1. The van der Waals surface area contributed by atoms with Gasteiger partial charge in [0.15, 0.2) is 0 Å². The predicted octanol–water partition coefficient (Wildman–Crippen LogP) is 2.43. The molecule has 4 heteroatoms. The van der Waals surface area contributed by atoms with Crippen molar-refractivity contribution in [1.29, 1.82) is 0 Å². The highest BCUT2D eigenvalue weighted by molar-refractivity contribution is 5.74. The fraction of sp³-hybridized carbons (Fsp3) is 0.500. The molecule has 0 saturated heterocycles. The third-order valence-corrected chi connectivity index (χ3v) is 2.78. The van der Waals surface area contributed by atoms with Crippen molar-refractivity contribution in [2.45, 2.75) is 39.5 Å². The van der Waals surface area contributed by atoms with Gasteiger partial charge in [-0.3, -0.25) is 0 Å². The van der Waals surface area contributed by atoms with E-state index in [1.165, 1.54) is 0 Å². The highest BCUT2D eigenvalue weighted by atomic mass is 16.5. The van der Waals surface area contributed by atoms with Crippen LogP contribution < -0.4 is 10.6 Å². The normalized spacial score (nSPS) is 11.9. The van der Waals surface area contributed by atoms with Crippen LogP contribution in [0.15, 0.2) is 24.3 Å². The molecular formula is C14H22N2O2. The summed E-state index contributed by atoms with van der Waals surface area (Å²) in [5.41, 5.74) is 2.21. The summed E-state index contributed by atoms with van der Waals surface area (Å²) in [7, 11) is 1.68. The average molecular weight is 250 g/mol. The number of amides is 2. The second-order valence-corrected chi connectivity index (χ2v) is 4.39. The molecule has 0 aliphatic rings. The number of hydrogen-bond acceptors (Lipinski definition) is 2. The van der Waals surface area contributed by atoms with E-state index in [1.54, 1.807) is 7.11 Å². The number of carbonyl (C=O) groups excluding carboxylic acids is 1. The Kier molecular flexibility index (Phi) is 6.22. The van der Waals surface area contributed by atoms with Crippen LogP contribution in [0.3, 0.4) is 0 Å². The monoisotopic (exact) mass is 250 g/mol. The molecule has 0 fully saturated rings. The van der Waals surface area contributed by atoms with Gasteiger partial charge in [-0.15, -0.1) is 0 Å². The number of hydrogen-bond donors (Lipinski definition) is 2. The van der Waals surface area contributed by atoms with Crippen LogP contribution in [-0.2, 0) is 17.9 Å². The number of methoxy groups -OCH3 is 1. The van der Waals surface area contributed by atoms with Crippen LogP contribution in [0.25, 0.3) is 0 Å². The molecule has 2 N–H and O–H groups in total. The Labute approximate surface area is 109 Å². The molecule has 1 aromatic rings. The van der Waals surface area contributed by atoms with E-state index in [2.05, 4.69) is 10.6 Å². The van der Waals surface area contributed by atoms with Crippen molar-refractivity contribution in [2.75, 3.05) is 7.11 Å². The summed E-state index contributed by atoms with van der Waals surface area (Å²) in [5.74, 6) is 0. The number of benzene rings is 1. The molecule has 1 aromatic carbocycles. The van der Waals surface area contributed by atoms with Crippen LogP contribution >= 0.6 is 0 Å². The van der Waals surface area contributed by atoms with E-state index in [-0.39, 0.29) is 12.1 Å². The standard InChI is InChI=1S/C14H22N2O2/c1-4-11(2)16-14(17)15-9-12-5-7-13(8-6-12)10-18-3/h5-8,11H,4,9-10H2,1-3H3,(H2,15,16,17). The van der Waals surface area contributed by atoms with Gasteiger partial charge in [-0.05, 0) is 24.5 Å². The molecule has 2 amide bonds. The molecule has 18 heavy (non-hydrogen) atoms. The molecule has 0 saturated carbocycles. The van der Waals surface area contributed by atoms with Gasteiger partial charge in [0, 0.05) is 19.7 Å². The van der Waals surface area contributed by atoms with Crippen LogP contribution in [0.2, 0.25) is 0 Å². The maximum atomic E-state index is 11.5. The van der Waals surface area contributed by atoms with E-state index in [0.29, 0.717) is 13.2 Å². The fourth-order valence-corrected chi connectivity index (χ4v) is 1.48.